The van der Waals surface area contributed by atoms with Crippen molar-refractivity contribution in [1.29, 1.82) is 0 Å². The van der Waals surface area contributed by atoms with Crippen LogP contribution in [0.15, 0.2) is 200 Å². The fourth-order valence-corrected chi connectivity index (χ4v) is 14.3. The molecule has 9 aromatic carbocycles. The predicted molar refractivity (Wildman–Crippen MR) is 312 cm³/mol. The maximum atomic E-state index is 2.68. The molecule has 4 aliphatic rings. The summed E-state index contributed by atoms with van der Waals surface area (Å²) in [7, 11) is 0. The second-order valence-corrected chi connectivity index (χ2v) is 24.1. The lowest BCUT2D eigenvalue weighted by atomic mass is 9.33. The number of fused-ring (bicyclic) bond motifs is 6. The van der Waals surface area contributed by atoms with Crippen LogP contribution in [0.2, 0.25) is 0 Å². The Morgan fingerprint density at radius 3 is 1.40 bits per heavy atom. The summed E-state index contributed by atoms with van der Waals surface area (Å²) < 4.78 is 0. The molecule has 0 fully saturated rings. The Morgan fingerprint density at radius 2 is 0.822 bits per heavy atom. The summed E-state index contributed by atoms with van der Waals surface area (Å²) in [6.45, 7) is 21.9. The van der Waals surface area contributed by atoms with Crippen molar-refractivity contribution in [3.8, 4) is 22.3 Å². The number of benzene rings is 9. The summed E-state index contributed by atoms with van der Waals surface area (Å²) in [4.78, 5) is 7.78. The molecule has 0 spiro atoms. The molecule has 0 saturated heterocycles. The third kappa shape index (κ3) is 7.15. The maximum Gasteiger partial charge on any atom is 0.252 e. The third-order valence-electron chi connectivity index (χ3n) is 17.1. The van der Waals surface area contributed by atoms with E-state index in [0.29, 0.717) is 0 Å². The molecule has 13 rings (SSSR count). The molecule has 358 valence electrons. The van der Waals surface area contributed by atoms with Gasteiger partial charge in [-0.1, -0.05) is 189 Å². The average Bonchev–Trinajstić information content (AvgIpc) is 3.70. The second kappa shape index (κ2) is 16.2. The van der Waals surface area contributed by atoms with Crippen LogP contribution in [0, 0.1) is 6.92 Å². The summed E-state index contributed by atoms with van der Waals surface area (Å²) >= 11 is 0. The molecule has 73 heavy (non-hydrogen) atoms. The molecular weight excluding hydrogens is 882 g/mol. The van der Waals surface area contributed by atoms with Gasteiger partial charge >= 0.3 is 0 Å². The Hall–Kier alpha value is -7.56. The minimum Gasteiger partial charge on any atom is -0.311 e. The lowest BCUT2D eigenvalue weighted by molar-refractivity contribution is 0.403. The van der Waals surface area contributed by atoms with Crippen molar-refractivity contribution in [3.63, 3.8) is 0 Å². The van der Waals surface area contributed by atoms with Crippen molar-refractivity contribution < 1.29 is 0 Å². The van der Waals surface area contributed by atoms with Gasteiger partial charge in [0.1, 0.15) is 0 Å². The molecular formula is C69H64BN3. The molecule has 0 unspecified atom stereocenters. The van der Waals surface area contributed by atoms with E-state index in [4.69, 9.17) is 0 Å². The standard InChI is InChI=1S/C69H64BN3/c1-45-30-31-48(46-22-14-10-15-23-46)36-60(45)73-61-37-49(47-24-16-11-17-25-47)32-35-58(61)70-59-41-56-57(69(8,9)44-68(56,6)7)42-62(59)72(52-33-34-54-55(38-52)67(4,5)43-66(54,2)3)63-39-53(40-64(73)65(63)70)71(50-26-18-12-19-27-50)51-28-20-13-21-29-51/h10-42H,43-44H2,1-9H3. The zero-order valence-corrected chi connectivity index (χ0v) is 43.9. The normalized spacial score (nSPS) is 16.8. The Balaban J connectivity index is 1.19. The topological polar surface area (TPSA) is 9.72 Å². The quantitative estimate of drug-likeness (QED) is 0.147. The molecule has 2 aliphatic carbocycles. The molecule has 2 aliphatic heterocycles. The summed E-state index contributed by atoms with van der Waals surface area (Å²) in [6, 6.07) is 75.9. The van der Waals surface area contributed by atoms with E-state index in [9.17, 15) is 0 Å². The van der Waals surface area contributed by atoms with Crippen LogP contribution in [0.5, 0.6) is 0 Å². The van der Waals surface area contributed by atoms with Crippen molar-refractivity contribution in [3.05, 3.63) is 228 Å². The highest BCUT2D eigenvalue weighted by molar-refractivity contribution is 7.00. The van der Waals surface area contributed by atoms with Gasteiger partial charge in [-0.2, -0.15) is 0 Å². The van der Waals surface area contributed by atoms with Crippen LogP contribution in [-0.2, 0) is 21.7 Å². The van der Waals surface area contributed by atoms with Crippen molar-refractivity contribution in [1.82, 2.24) is 0 Å². The Morgan fingerprint density at radius 1 is 0.356 bits per heavy atom. The first kappa shape index (κ1) is 45.3. The van der Waals surface area contributed by atoms with Gasteiger partial charge in [-0.25, -0.2) is 0 Å². The van der Waals surface area contributed by atoms with E-state index in [0.717, 1.165) is 29.9 Å². The number of para-hydroxylation sites is 2. The number of hydrogen-bond donors (Lipinski definition) is 0. The molecule has 0 atom stereocenters. The van der Waals surface area contributed by atoms with Crippen LogP contribution in [0.3, 0.4) is 0 Å². The molecule has 0 aromatic heterocycles. The third-order valence-corrected chi connectivity index (χ3v) is 17.1. The van der Waals surface area contributed by atoms with E-state index in [1.807, 2.05) is 0 Å². The SMILES string of the molecule is Cc1ccc(-c2ccccc2)cc1N1c2cc(-c3ccccc3)ccc2B2c3cc4c(cc3N(c3ccc5c(c3)C(C)(C)CC5(C)C)c3cc(N(c5ccccc5)c5ccccc5)cc1c32)C(C)(C)CC4(C)C. The van der Waals surface area contributed by atoms with Crippen LogP contribution >= 0.6 is 0 Å². The fourth-order valence-electron chi connectivity index (χ4n) is 14.3. The molecule has 0 radical (unpaired) electrons. The van der Waals surface area contributed by atoms with Gasteiger partial charge in [0.25, 0.3) is 6.71 Å². The summed E-state index contributed by atoms with van der Waals surface area (Å²) in [5.74, 6) is 0. The van der Waals surface area contributed by atoms with Crippen molar-refractivity contribution in [2.24, 2.45) is 0 Å². The monoisotopic (exact) mass is 946 g/mol. The highest BCUT2D eigenvalue weighted by Gasteiger charge is 2.49. The first-order valence-electron chi connectivity index (χ1n) is 26.5. The largest absolute Gasteiger partial charge is 0.311 e. The number of rotatable bonds is 7. The van der Waals surface area contributed by atoms with Crippen LogP contribution in [0.25, 0.3) is 22.3 Å². The van der Waals surface area contributed by atoms with E-state index >= 15 is 0 Å². The maximum absolute atomic E-state index is 2.68. The predicted octanol–water partition coefficient (Wildman–Crippen LogP) is 16.8. The molecule has 3 nitrogen and oxygen atoms in total. The first-order valence-corrected chi connectivity index (χ1v) is 26.5. The van der Waals surface area contributed by atoms with Gasteiger partial charge in [0, 0.05) is 45.5 Å². The van der Waals surface area contributed by atoms with E-state index < -0.39 is 0 Å². The van der Waals surface area contributed by atoms with E-state index in [-0.39, 0.29) is 28.4 Å². The number of nitrogens with zero attached hydrogens (tertiary/aromatic N) is 3. The second-order valence-electron chi connectivity index (χ2n) is 24.1. The molecule has 0 bridgehead atoms. The van der Waals surface area contributed by atoms with E-state index in [1.165, 1.54) is 101 Å². The molecule has 0 saturated carbocycles. The summed E-state index contributed by atoms with van der Waals surface area (Å²) in [5, 5.41) is 0. The van der Waals surface area contributed by atoms with Crippen LogP contribution in [0.1, 0.15) is 96.0 Å². The summed E-state index contributed by atoms with van der Waals surface area (Å²) in [5.41, 5.74) is 26.6. The van der Waals surface area contributed by atoms with Gasteiger partial charge in [0.15, 0.2) is 0 Å². The van der Waals surface area contributed by atoms with Crippen LogP contribution in [-0.4, -0.2) is 6.71 Å². The highest BCUT2D eigenvalue weighted by atomic mass is 15.2. The molecule has 9 aromatic rings. The van der Waals surface area contributed by atoms with Crippen LogP contribution in [0.4, 0.5) is 51.2 Å². The van der Waals surface area contributed by atoms with E-state index in [2.05, 4.69) is 277 Å². The molecule has 0 amide bonds. The number of hydrogen-bond acceptors (Lipinski definition) is 3. The lowest BCUT2D eigenvalue weighted by Crippen LogP contribution is -2.61. The van der Waals surface area contributed by atoms with Gasteiger partial charge in [-0.05, 0) is 175 Å². The van der Waals surface area contributed by atoms with Gasteiger partial charge < -0.3 is 14.7 Å². The molecule has 2 heterocycles. The Labute approximate surface area is 433 Å². The lowest BCUT2D eigenvalue weighted by Gasteiger charge is -2.46. The van der Waals surface area contributed by atoms with Crippen molar-refractivity contribution >= 4 is 74.3 Å². The van der Waals surface area contributed by atoms with Crippen molar-refractivity contribution in [2.75, 3.05) is 14.7 Å². The molecule has 4 heteroatoms. The highest BCUT2D eigenvalue weighted by Crippen LogP contribution is 2.56. The van der Waals surface area contributed by atoms with E-state index in [1.54, 1.807) is 0 Å². The number of aryl methyl sites for hydroxylation is 1. The zero-order chi connectivity index (χ0) is 50.2. The van der Waals surface area contributed by atoms with Gasteiger partial charge in [0.05, 0.1) is 5.69 Å². The Bertz CT molecular complexity index is 3610. The van der Waals surface area contributed by atoms with Gasteiger partial charge in [-0.3, -0.25) is 0 Å². The van der Waals surface area contributed by atoms with Gasteiger partial charge in [0.2, 0.25) is 0 Å². The smallest absolute Gasteiger partial charge is 0.252 e. The van der Waals surface area contributed by atoms with Crippen molar-refractivity contribution in [2.45, 2.75) is 96.8 Å². The Kier molecular flexibility index (Phi) is 10.1. The van der Waals surface area contributed by atoms with Gasteiger partial charge in [-0.15, -0.1) is 0 Å². The molecule has 0 N–H and O–H groups in total. The first-order chi connectivity index (χ1) is 35.1. The fraction of sp³-hybridized carbons (Fsp3) is 0.217. The van der Waals surface area contributed by atoms with Crippen LogP contribution < -0.4 is 31.1 Å². The minimum absolute atomic E-state index is 0.00133. The summed E-state index contributed by atoms with van der Waals surface area (Å²) in [6.07, 6.45) is 2.21. The number of anilines is 9. The average molecular weight is 946 g/mol. The zero-order valence-electron chi connectivity index (χ0n) is 43.9. The minimum atomic E-state index is -0.0458.